The van der Waals surface area contributed by atoms with Gasteiger partial charge in [0, 0.05) is 6.54 Å². The average molecular weight is 257 g/mol. The summed E-state index contributed by atoms with van der Waals surface area (Å²) in [4.78, 5) is 8.43. The first-order chi connectivity index (χ1) is 8.83. The molecule has 1 aromatic carbocycles. The Morgan fingerprint density at radius 2 is 2.17 bits per heavy atom. The predicted octanol–water partition coefficient (Wildman–Crippen LogP) is 3.01. The number of hydrogen-bond donors (Lipinski definition) is 2. The standard InChI is InChI=1S/C13H11N3OS/c17-10-3-1-2-9(6-10)7-14-13-12-11(4-5-18-12)15-8-16-13/h1-6,8,17H,7H2,(H,14,15,16). The minimum atomic E-state index is 0.276. The fourth-order valence-corrected chi connectivity index (χ4v) is 2.58. The number of benzene rings is 1. The second kappa shape index (κ2) is 4.62. The molecular formula is C13H11N3OS. The first-order valence-corrected chi connectivity index (χ1v) is 6.41. The first kappa shape index (κ1) is 11.0. The van der Waals surface area contributed by atoms with Gasteiger partial charge in [-0.05, 0) is 29.1 Å². The molecule has 0 radical (unpaired) electrons. The van der Waals surface area contributed by atoms with Crippen molar-refractivity contribution in [2.45, 2.75) is 6.54 Å². The zero-order valence-electron chi connectivity index (χ0n) is 9.50. The molecule has 0 spiro atoms. The molecule has 0 amide bonds. The predicted molar refractivity (Wildman–Crippen MR) is 72.8 cm³/mol. The minimum Gasteiger partial charge on any atom is -0.508 e. The van der Waals surface area contributed by atoms with Crippen molar-refractivity contribution >= 4 is 27.4 Å². The van der Waals surface area contributed by atoms with Crippen LogP contribution in [0.1, 0.15) is 5.56 Å². The Bertz CT molecular complexity index is 681. The summed E-state index contributed by atoms with van der Waals surface area (Å²) >= 11 is 1.62. The van der Waals surface area contributed by atoms with Gasteiger partial charge in [-0.15, -0.1) is 11.3 Å². The summed E-state index contributed by atoms with van der Waals surface area (Å²) in [6.07, 6.45) is 1.56. The Kier molecular flexibility index (Phi) is 2.82. The Morgan fingerprint density at radius 3 is 3.06 bits per heavy atom. The third kappa shape index (κ3) is 2.12. The molecule has 0 unspecified atom stereocenters. The monoisotopic (exact) mass is 257 g/mol. The van der Waals surface area contributed by atoms with E-state index in [1.165, 1.54) is 0 Å². The number of rotatable bonds is 3. The first-order valence-electron chi connectivity index (χ1n) is 5.53. The second-order valence-electron chi connectivity index (χ2n) is 3.88. The van der Waals surface area contributed by atoms with E-state index in [1.807, 2.05) is 23.6 Å². The molecule has 0 bridgehead atoms. The Labute approximate surface area is 108 Å². The van der Waals surface area contributed by atoms with Crippen LogP contribution in [0.3, 0.4) is 0 Å². The van der Waals surface area contributed by atoms with E-state index in [0.717, 1.165) is 21.6 Å². The van der Waals surface area contributed by atoms with Crippen LogP contribution in [0.2, 0.25) is 0 Å². The number of anilines is 1. The molecule has 5 heteroatoms. The highest BCUT2D eigenvalue weighted by Gasteiger charge is 2.04. The summed E-state index contributed by atoms with van der Waals surface area (Å²) < 4.78 is 1.05. The number of aromatic hydroxyl groups is 1. The SMILES string of the molecule is Oc1cccc(CNc2ncnc3ccsc23)c1. The van der Waals surface area contributed by atoms with Gasteiger partial charge in [0.15, 0.2) is 0 Å². The number of phenolic OH excluding ortho intramolecular Hbond substituents is 1. The molecule has 3 rings (SSSR count). The molecule has 3 aromatic rings. The number of nitrogens with zero attached hydrogens (tertiary/aromatic N) is 2. The molecule has 4 nitrogen and oxygen atoms in total. The zero-order chi connectivity index (χ0) is 12.4. The summed E-state index contributed by atoms with van der Waals surface area (Å²) in [5, 5.41) is 14.7. The lowest BCUT2D eigenvalue weighted by molar-refractivity contribution is 0.474. The highest BCUT2D eigenvalue weighted by Crippen LogP contribution is 2.25. The lowest BCUT2D eigenvalue weighted by Crippen LogP contribution is -2.01. The van der Waals surface area contributed by atoms with Gasteiger partial charge in [-0.2, -0.15) is 0 Å². The van der Waals surface area contributed by atoms with E-state index in [1.54, 1.807) is 29.8 Å². The van der Waals surface area contributed by atoms with Crippen LogP contribution in [-0.4, -0.2) is 15.1 Å². The molecule has 0 fully saturated rings. The van der Waals surface area contributed by atoms with E-state index in [4.69, 9.17) is 0 Å². The number of fused-ring (bicyclic) bond motifs is 1. The minimum absolute atomic E-state index is 0.276. The lowest BCUT2D eigenvalue weighted by atomic mass is 10.2. The molecule has 0 saturated carbocycles. The van der Waals surface area contributed by atoms with Crippen molar-refractivity contribution in [3.8, 4) is 5.75 Å². The van der Waals surface area contributed by atoms with E-state index >= 15 is 0 Å². The average Bonchev–Trinajstić information content (AvgIpc) is 2.85. The van der Waals surface area contributed by atoms with Crippen LogP contribution in [0.5, 0.6) is 5.75 Å². The highest BCUT2D eigenvalue weighted by atomic mass is 32.1. The fraction of sp³-hybridized carbons (Fsp3) is 0.0769. The topological polar surface area (TPSA) is 58.0 Å². The van der Waals surface area contributed by atoms with Crippen molar-refractivity contribution in [3.63, 3.8) is 0 Å². The smallest absolute Gasteiger partial charge is 0.147 e. The van der Waals surface area contributed by atoms with Gasteiger partial charge in [-0.25, -0.2) is 9.97 Å². The van der Waals surface area contributed by atoms with Crippen LogP contribution in [0, 0.1) is 0 Å². The number of nitrogens with one attached hydrogen (secondary N) is 1. The van der Waals surface area contributed by atoms with Crippen molar-refractivity contribution in [3.05, 3.63) is 47.6 Å². The lowest BCUT2D eigenvalue weighted by Gasteiger charge is -2.06. The van der Waals surface area contributed by atoms with E-state index in [9.17, 15) is 5.11 Å². The highest BCUT2D eigenvalue weighted by molar-refractivity contribution is 7.17. The van der Waals surface area contributed by atoms with Crippen molar-refractivity contribution in [1.82, 2.24) is 9.97 Å². The van der Waals surface area contributed by atoms with Gasteiger partial charge in [-0.3, -0.25) is 0 Å². The Morgan fingerprint density at radius 1 is 1.22 bits per heavy atom. The molecule has 0 aliphatic heterocycles. The Balaban J connectivity index is 1.83. The summed E-state index contributed by atoms with van der Waals surface area (Å²) in [6, 6.07) is 9.15. The van der Waals surface area contributed by atoms with Gasteiger partial charge in [0.05, 0.1) is 10.2 Å². The maximum atomic E-state index is 9.40. The van der Waals surface area contributed by atoms with E-state index in [0.29, 0.717) is 6.54 Å². The third-order valence-electron chi connectivity index (χ3n) is 2.61. The van der Waals surface area contributed by atoms with Crippen molar-refractivity contribution in [2.75, 3.05) is 5.32 Å². The van der Waals surface area contributed by atoms with E-state index in [-0.39, 0.29) is 5.75 Å². The number of aromatic nitrogens is 2. The quantitative estimate of drug-likeness (QED) is 0.757. The number of hydrogen-bond acceptors (Lipinski definition) is 5. The van der Waals surface area contributed by atoms with Gasteiger partial charge >= 0.3 is 0 Å². The maximum absolute atomic E-state index is 9.40. The second-order valence-corrected chi connectivity index (χ2v) is 4.80. The molecule has 18 heavy (non-hydrogen) atoms. The van der Waals surface area contributed by atoms with Crippen molar-refractivity contribution in [2.24, 2.45) is 0 Å². The largest absolute Gasteiger partial charge is 0.508 e. The van der Waals surface area contributed by atoms with Gasteiger partial charge in [-0.1, -0.05) is 12.1 Å². The molecule has 90 valence electrons. The number of thiophene rings is 1. The van der Waals surface area contributed by atoms with E-state index in [2.05, 4.69) is 15.3 Å². The zero-order valence-corrected chi connectivity index (χ0v) is 10.3. The normalized spacial score (nSPS) is 10.7. The van der Waals surface area contributed by atoms with Gasteiger partial charge in [0.1, 0.15) is 17.9 Å². The van der Waals surface area contributed by atoms with Crippen LogP contribution in [0.4, 0.5) is 5.82 Å². The van der Waals surface area contributed by atoms with Crippen molar-refractivity contribution in [1.29, 1.82) is 0 Å². The molecule has 2 aromatic heterocycles. The summed E-state index contributed by atoms with van der Waals surface area (Å²) in [6.45, 7) is 0.623. The van der Waals surface area contributed by atoms with Crippen LogP contribution in [-0.2, 0) is 6.54 Å². The summed E-state index contributed by atoms with van der Waals surface area (Å²) in [5.74, 6) is 1.11. The van der Waals surface area contributed by atoms with Crippen LogP contribution < -0.4 is 5.32 Å². The molecular weight excluding hydrogens is 246 g/mol. The molecule has 0 aliphatic carbocycles. The van der Waals surface area contributed by atoms with Crippen molar-refractivity contribution < 1.29 is 5.11 Å². The van der Waals surface area contributed by atoms with Gasteiger partial charge < -0.3 is 10.4 Å². The van der Waals surface area contributed by atoms with Gasteiger partial charge in [0.2, 0.25) is 0 Å². The third-order valence-corrected chi connectivity index (χ3v) is 3.52. The molecule has 0 aliphatic rings. The molecule has 2 heterocycles. The van der Waals surface area contributed by atoms with Gasteiger partial charge in [0.25, 0.3) is 0 Å². The fourth-order valence-electron chi connectivity index (χ4n) is 1.77. The summed E-state index contributed by atoms with van der Waals surface area (Å²) in [7, 11) is 0. The molecule has 2 N–H and O–H groups in total. The van der Waals surface area contributed by atoms with Crippen LogP contribution >= 0.6 is 11.3 Å². The summed E-state index contributed by atoms with van der Waals surface area (Å²) in [5.41, 5.74) is 1.96. The maximum Gasteiger partial charge on any atom is 0.147 e. The number of phenols is 1. The van der Waals surface area contributed by atoms with E-state index < -0.39 is 0 Å². The Hall–Kier alpha value is -2.14. The van der Waals surface area contributed by atoms with Crippen LogP contribution in [0.25, 0.3) is 10.2 Å². The van der Waals surface area contributed by atoms with Crippen LogP contribution in [0.15, 0.2) is 42.0 Å². The molecule has 0 saturated heterocycles. The molecule has 0 atom stereocenters.